The van der Waals surface area contributed by atoms with Gasteiger partial charge in [-0.2, -0.15) is 17.6 Å². The van der Waals surface area contributed by atoms with Gasteiger partial charge in [0.25, 0.3) is 5.91 Å². The van der Waals surface area contributed by atoms with Gasteiger partial charge in [0.1, 0.15) is 12.0 Å². The number of aryl methyl sites for hydroxylation is 1. The summed E-state index contributed by atoms with van der Waals surface area (Å²) in [6.45, 7) is 1.93. The second-order valence-corrected chi connectivity index (χ2v) is 6.66. The van der Waals surface area contributed by atoms with E-state index in [1.165, 1.54) is 30.9 Å². The minimum absolute atomic E-state index is 0.00614. The molecule has 1 amide bonds. The molecule has 0 saturated heterocycles. The van der Waals surface area contributed by atoms with Crippen molar-refractivity contribution in [2.75, 3.05) is 0 Å². The average Bonchev–Trinajstić information content (AvgIpc) is 3.18. The molecular formula is C20H18F4N6O. The third-order valence-electron chi connectivity index (χ3n) is 4.29. The fraction of sp³-hybridized carbons (Fsp3) is 0.250. The third kappa shape index (κ3) is 5.50. The predicted octanol–water partition coefficient (Wildman–Crippen LogP) is 3.72. The van der Waals surface area contributed by atoms with E-state index in [2.05, 4.69) is 20.1 Å². The molecule has 0 unspecified atom stereocenters. The molecule has 162 valence electrons. The quantitative estimate of drug-likeness (QED) is 0.347. The summed E-state index contributed by atoms with van der Waals surface area (Å²) in [5.74, 6) is -1.65. The molecule has 3 rings (SSSR count). The summed E-state index contributed by atoms with van der Waals surface area (Å²) in [7, 11) is 0. The van der Waals surface area contributed by atoms with Crippen LogP contribution in [0.25, 0.3) is 23.2 Å². The number of alkyl halides is 3. The standard InChI is InChI=1S/C20H18F4N6O/c1-2-3-4-14-7-13(8-16(28-14)20(22,23)24)19-27-11-30(29-19)10-15(18(25)31)12-5-6-26-17(21)9-12/h5-11H,2-4H2,1H3,(H2,25,31)/b15-10+. The van der Waals surface area contributed by atoms with Crippen molar-refractivity contribution in [3.63, 3.8) is 0 Å². The Morgan fingerprint density at radius 1 is 1.23 bits per heavy atom. The predicted molar refractivity (Wildman–Crippen MR) is 104 cm³/mol. The highest BCUT2D eigenvalue weighted by molar-refractivity contribution is 6.22. The SMILES string of the molecule is CCCCc1cc(-c2ncn(/C=C(/C(N)=O)c3ccnc(F)c3)n2)cc(C(F)(F)F)n1. The molecule has 0 fully saturated rings. The van der Waals surface area contributed by atoms with Crippen molar-refractivity contribution >= 4 is 17.7 Å². The lowest BCUT2D eigenvalue weighted by Gasteiger charge is -2.10. The Balaban J connectivity index is 2.00. The fourth-order valence-corrected chi connectivity index (χ4v) is 2.80. The van der Waals surface area contributed by atoms with Crippen molar-refractivity contribution < 1.29 is 22.4 Å². The van der Waals surface area contributed by atoms with Crippen LogP contribution in [0.1, 0.15) is 36.7 Å². The summed E-state index contributed by atoms with van der Waals surface area (Å²) < 4.78 is 54.3. The number of amides is 1. The van der Waals surface area contributed by atoms with Gasteiger partial charge in [-0.15, -0.1) is 5.10 Å². The van der Waals surface area contributed by atoms with Crippen LogP contribution in [0.2, 0.25) is 0 Å². The van der Waals surface area contributed by atoms with Crippen LogP contribution in [0.4, 0.5) is 17.6 Å². The van der Waals surface area contributed by atoms with Crippen molar-refractivity contribution in [2.24, 2.45) is 5.73 Å². The van der Waals surface area contributed by atoms with Gasteiger partial charge in [0.05, 0.1) is 5.57 Å². The fourth-order valence-electron chi connectivity index (χ4n) is 2.80. The average molecular weight is 434 g/mol. The number of rotatable bonds is 7. The topological polar surface area (TPSA) is 99.6 Å². The van der Waals surface area contributed by atoms with Crippen LogP contribution in [-0.2, 0) is 17.4 Å². The first-order valence-corrected chi connectivity index (χ1v) is 9.30. The molecular weight excluding hydrogens is 416 g/mol. The van der Waals surface area contributed by atoms with Gasteiger partial charge in [0.15, 0.2) is 5.82 Å². The largest absolute Gasteiger partial charge is 0.433 e. The lowest BCUT2D eigenvalue weighted by atomic mass is 10.1. The summed E-state index contributed by atoms with van der Waals surface area (Å²) in [5.41, 5.74) is 4.85. The Labute approximate surface area is 174 Å². The van der Waals surface area contributed by atoms with E-state index in [0.29, 0.717) is 12.8 Å². The summed E-state index contributed by atoms with van der Waals surface area (Å²) >= 11 is 0. The first-order valence-electron chi connectivity index (χ1n) is 9.30. The molecule has 3 aromatic heterocycles. The molecule has 0 atom stereocenters. The molecule has 0 saturated carbocycles. The highest BCUT2D eigenvalue weighted by Crippen LogP contribution is 2.31. The molecule has 0 aliphatic carbocycles. The van der Waals surface area contributed by atoms with Crippen LogP contribution in [0.3, 0.4) is 0 Å². The number of nitrogens with two attached hydrogens (primary N) is 1. The number of hydrogen-bond acceptors (Lipinski definition) is 5. The number of aromatic nitrogens is 5. The zero-order chi connectivity index (χ0) is 22.6. The monoisotopic (exact) mass is 434 g/mol. The highest BCUT2D eigenvalue weighted by atomic mass is 19.4. The number of carbonyl (C=O) groups excluding carboxylic acids is 1. The van der Waals surface area contributed by atoms with E-state index < -0.39 is 23.7 Å². The smallest absolute Gasteiger partial charge is 0.366 e. The Bertz CT molecular complexity index is 1120. The van der Waals surface area contributed by atoms with Gasteiger partial charge >= 0.3 is 6.18 Å². The minimum atomic E-state index is -4.62. The molecule has 2 N–H and O–H groups in total. The Hall–Kier alpha value is -3.63. The van der Waals surface area contributed by atoms with E-state index in [1.54, 1.807) is 0 Å². The maximum Gasteiger partial charge on any atom is 0.433 e. The molecule has 0 radical (unpaired) electrons. The van der Waals surface area contributed by atoms with Gasteiger partial charge in [0, 0.05) is 29.7 Å². The summed E-state index contributed by atoms with van der Waals surface area (Å²) in [6, 6.07) is 4.77. The van der Waals surface area contributed by atoms with Gasteiger partial charge in [-0.25, -0.2) is 19.6 Å². The normalized spacial score (nSPS) is 12.2. The van der Waals surface area contributed by atoms with Crippen LogP contribution in [0, 0.1) is 5.95 Å². The Morgan fingerprint density at radius 3 is 2.65 bits per heavy atom. The molecule has 7 nitrogen and oxygen atoms in total. The summed E-state index contributed by atoms with van der Waals surface area (Å²) in [4.78, 5) is 22.9. The third-order valence-corrected chi connectivity index (χ3v) is 4.29. The lowest BCUT2D eigenvalue weighted by Crippen LogP contribution is -2.14. The van der Waals surface area contributed by atoms with Gasteiger partial charge < -0.3 is 5.73 Å². The maximum absolute atomic E-state index is 13.4. The van der Waals surface area contributed by atoms with Gasteiger partial charge in [-0.3, -0.25) is 4.79 Å². The van der Waals surface area contributed by atoms with E-state index in [1.807, 2.05) is 6.92 Å². The second-order valence-electron chi connectivity index (χ2n) is 6.66. The van der Waals surface area contributed by atoms with Crippen LogP contribution < -0.4 is 5.73 Å². The number of carbonyl (C=O) groups is 1. The summed E-state index contributed by atoms with van der Waals surface area (Å²) in [5, 5.41) is 4.11. The maximum atomic E-state index is 13.4. The van der Waals surface area contributed by atoms with Gasteiger partial charge in [-0.1, -0.05) is 13.3 Å². The molecule has 3 heterocycles. The molecule has 0 aliphatic heterocycles. The molecule has 0 aliphatic rings. The van der Waals surface area contributed by atoms with E-state index in [-0.39, 0.29) is 28.2 Å². The second kappa shape index (κ2) is 9.02. The number of halogens is 4. The van der Waals surface area contributed by atoms with Crippen molar-refractivity contribution in [3.8, 4) is 11.4 Å². The van der Waals surface area contributed by atoms with Crippen LogP contribution >= 0.6 is 0 Å². The van der Waals surface area contributed by atoms with E-state index >= 15 is 0 Å². The zero-order valence-corrected chi connectivity index (χ0v) is 16.4. The summed E-state index contributed by atoms with van der Waals surface area (Å²) in [6.07, 6.45) is 0.824. The number of nitrogens with zero attached hydrogens (tertiary/aromatic N) is 5. The first-order chi connectivity index (χ1) is 14.7. The van der Waals surface area contributed by atoms with Crippen LogP contribution in [-0.4, -0.2) is 30.6 Å². The van der Waals surface area contributed by atoms with Gasteiger partial charge in [-0.05, 0) is 36.6 Å². The number of hydrogen-bond donors (Lipinski definition) is 1. The van der Waals surface area contributed by atoms with Crippen molar-refractivity contribution in [1.82, 2.24) is 24.7 Å². The first kappa shape index (κ1) is 22.1. The molecule has 31 heavy (non-hydrogen) atoms. The Kier molecular flexibility index (Phi) is 6.42. The lowest BCUT2D eigenvalue weighted by molar-refractivity contribution is -0.141. The number of primary amides is 1. The number of unbranched alkanes of at least 4 members (excludes halogenated alkanes) is 1. The molecule has 0 aromatic carbocycles. The Morgan fingerprint density at radius 2 is 2.00 bits per heavy atom. The van der Waals surface area contributed by atoms with Crippen molar-refractivity contribution in [1.29, 1.82) is 0 Å². The van der Waals surface area contributed by atoms with E-state index in [9.17, 15) is 22.4 Å². The molecule has 0 bridgehead atoms. The van der Waals surface area contributed by atoms with Crippen molar-refractivity contribution in [2.45, 2.75) is 32.4 Å². The zero-order valence-electron chi connectivity index (χ0n) is 16.4. The molecule has 11 heteroatoms. The van der Waals surface area contributed by atoms with E-state index in [4.69, 9.17) is 5.73 Å². The molecule has 3 aromatic rings. The van der Waals surface area contributed by atoms with Crippen molar-refractivity contribution in [3.05, 3.63) is 59.7 Å². The van der Waals surface area contributed by atoms with Gasteiger partial charge in [0.2, 0.25) is 5.95 Å². The van der Waals surface area contributed by atoms with E-state index in [0.717, 1.165) is 23.2 Å². The molecule has 0 spiro atoms. The van der Waals surface area contributed by atoms with Crippen LogP contribution in [0.5, 0.6) is 0 Å². The highest BCUT2D eigenvalue weighted by Gasteiger charge is 2.33. The number of pyridine rings is 2. The van der Waals surface area contributed by atoms with Crippen LogP contribution in [0.15, 0.2) is 36.8 Å². The minimum Gasteiger partial charge on any atom is -0.366 e.